The molecule has 0 aliphatic carbocycles. The van der Waals surface area contributed by atoms with Crippen LogP contribution in [0.4, 0.5) is 0 Å². The molecule has 4 aromatic rings. The van der Waals surface area contributed by atoms with E-state index in [1.165, 1.54) is 0 Å². The molecule has 4 nitrogen and oxygen atoms in total. The van der Waals surface area contributed by atoms with Gasteiger partial charge in [-0.25, -0.2) is 4.98 Å². The Kier molecular flexibility index (Phi) is 5.09. The summed E-state index contributed by atoms with van der Waals surface area (Å²) < 4.78 is 2.13. The number of hydrogen-bond donors (Lipinski definition) is 1. The topological polar surface area (TPSA) is 50.9 Å². The standard InChI is InChI=1S/C26H28ClN3O/c1-25(2,3)19-13-18(14-20(23(19)31)26(4,5)6)30-22-10-9-17(27)12-21(22)29-24(30)16-8-7-11-28-15-16/h7-15,31H,1-6H3. The molecular weight excluding hydrogens is 406 g/mol. The molecule has 0 saturated carbocycles. The normalized spacial score (nSPS) is 12.5. The number of phenolic OH excluding ortho intramolecular Hbond substituents is 1. The quantitative estimate of drug-likeness (QED) is 0.368. The molecule has 4 rings (SSSR count). The van der Waals surface area contributed by atoms with Gasteiger partial charge in [0.2, 0.25) is 0 Å². The SMILES string of the molecule is CC(C)(C)c1cc(-n2c(-c3cccnc3)nc3cc(Cl)ccc32)cc(C(C)(C)C)c1O. The van der Waals surface area contributed by atoms with Crippen molar-refractivity contribution in [2.24, 2.45) is 0 Å². The van der Waals surface area contributed by atoms with Crippen molar-refractivity contribution >= 4 is 22.6 Å². The summed E-state index contributed by atoms with van der Waals surface area (Å²) in [7, 11) is 0. The molecule has 0 unspecified atom stereocenters. The lowest BCUT2D eigenvalue weighted by molar-refractivity contribution is 0.423. The van der Waals surface area contributed by atoms with E-state index in [1.807, 2.05) is 36.5 Å². The van der Waals surface area contributed by atoms with Crippen molar-refractivity contribution in [1.29, 1.82) is 0 Å². The smallest absolute Gasteiger partial charge is 0.147 e. The molecule has 1 N–H and O–H groups in total. The van der Waals surface area contributed by atoms with Gasteiger partial charge in [0.25, 0.3) is 0 Å². The van der Waals surface area contributed by atoms with Crippen LogP contribution in [0, 0.1) is 0 Å². The van der Waals surface area contributed by atoms with Gasteiger partial charge >= 0.3 is 0 Å². The minimum atomic E-state index is -0.228. The second-order valence-electron chi connectivity index (χ2n) is 10.0. The van der Waals surface area contributed by atoms with Gasteiger partial charge in [-0.05, 0) is 53.3 Å². The van der Waals surface area contributed by atoms with Crippen LogP contribution in [0.3, 0.4) is 0 Å². The largest absolute Gasteiger partial charge is 0.507 e. The van der Waals surface area contributed by atoms with Crippen LogP contribution in [0.1, 0.15) is 52.7 Å². The molecular formula is C26H28ClN3O. The third-order valence-electron chi connectivity index (χ3n) is 5.51. The average Bonchev–Trinajstić information content (AvgIpc) is 3.05. The van der Waals surface area contributed by atoms with Crippen molar-refractivity contribution in [3.8, 4) is 22.8 Å². The number of aromatic nitrogens is 3. The third kappa shape index (κ3) is 3.92. The van der Waals surface area contributed by atoms with E-state index in [2.05, 4.69) is 63.2 Å². The van der Waals surface area contributed by atoms with Crippen molar-refractivity contribution in [2.45, 2.75) is 52.4 Å². The number of fused-ring (bicyclic) bond motifs is 1. The minimum absolute atomic E-state index is 0.228. The van der Waals surface area contributed by atoms with Gasteiger partial charge in [0.15, 0.2) is 0 Å². The highest BCUT2D eigenvalue weighted by Crippen LogP contribution is 2.42. The van der Waals surface area contributed by atoms with Crippen molar-refractivity contribution in [1.82, 2.24) is 14.5 Å². The van der Waals surface area contributed by atoms with Crippen LogP contribution in [0.25, 0.3) is 28.1 Å². The van der Waals surface area contributed by atoms with Crippen molar-refractivity contribution in [2.75, 3.05) is 0 Å². The Bertz CT molecular complexity index is 1230. The van der Waals surface area contributed by atoms with E-state index in [0.29, 0.717) is 10.8 Å². The Labute approximate surface area is 188 Å². The highest BCUT2D eigenvalue weighted by atomic mass is 35.5. The highest BCUT2D eigenvalue weighted by molar-refractivity contribution is 6.31. The number of imidazole rings is 1. The molecule has 0 fully saturated rings. The summed E-state index contributed by atoms with van der Waals surface area (Å²) in [6, 6.07) is 13.8. The van der Waals surface area contributed by atoms with E-state index < -0.39 is 0 Å². The fourth-order valence-corrected chi connectivity index (χ4v) is 4.06. The number of nitrogens with zero attached hydrogens (tertiary/aromatic N) is 3. The van der Waals surface area contributed by atoms with Gasteiger partial charge < -0.3 is 5.11 Å². The summed E-state index contributed by atoms with van der Waals surface area (Å²) in [4.78, 5) is 9.19. The lowest BCUT2D eigenvalue weighted by atomic mass is 9.79. The fraction of sp³-hybridized carbons (Fsp3) is 0.308. The molecule has 0 saturated heterocycles. The summed E-state index contributed by atoms with van der Waals surface area (Å²) in [5.74, 6) is 1.15. The second-order valence-corrected chi connectivity index (χ2v) is 10.5. The number of phenols is 1. The zero-order valence-electron chi connectivity index (χ0n) is 18.9. The summed E-state index contributed by atoms with van der Waals surface area (Å²) in [5, 5.41) is 11.8. The first-order valence-electron chi connectivity index (χ1n) is 10.4. The summed E-state index contributed by atoms with van der Waals surface area (Å²) in [6.07, 6.45) is 3.57. The van der Waals surface area contributed by atoms with E-state index in [-0.39, 0.29) is 10.8 Å². The van der Waals surface area contributed by atoms with E-state index in [1.54, 1.807) is 6.20 Å². The van der Waals surface area contributed by atoms with Crippen LogP contribution in [-0.2, 0) is 10.8 Å². The number of pyridine rings is 1. The molecule has 31 heavy (non-hydrogen) atoms. The summed E-state index contributed by atoms with van der Waals surface area (Å²) >= 11 is 6.27. The van der Waals surface area contributed by atoms with Crippen LogP contribution >= 0.6 is 11.6 Å². The van der Waals surface area contributed by atoms with Crippen LogP contribution in [0.5, 0.6) is 5.75 Å². The van der Waals surface area contributed by atoms with Gasteiger partial charge in [0.05, 0.1) is 11.0 Å². The molecule has 0 spiro atoms. The van der Waals surface area contributed by atoms with Gasteiger partial charge in [-0.1, -0.05) is 53.1 Å². The molecule has 5 heteroatoms. The first-order chi connectivity index (χ1) is 14.5. The van der Waals surface area contributed by atoms with Crippen LogP contribution in [0.2, 0.25) is 5.02 Å². The van der Waals surface area contributed by atoms with Gasteiger partial charge in [0.1, 0.15) is 11.6 Å². The molecule has 2 aromatic carbocycles. The monoisotopic (exact) mass is 433 g/mol. The molecule has 0 radical (unpaired) electrons. The lowest BCUT2D eigenvalue weighted by Gasteiger charge is -2.28. The van der Waals surface area contributed by atoms with Crippen molar-refractivity contribution in [3.05, 3.63) is 71.0 Å². The summed E-state index contributed by atoms with van der Waals surface area (Å²) in [6.45, 7) is 12.7. The maximum Gasteiger partial charge on any atom is 0.147 e. The second kappa shape index (κ2) is 7.38. The first-order valence-corrected chi connectivity index (χ1v) is 10.8. The predicted octanol–water partition coefficient (Wildman–Crippen LogP) is 7.04. The van der Waals surface area contributed by atoms with Crippen LogP contribution < -0.4 is 0 Å². The molecule has 0 amide bonds. The number of rotatable bonds is 2. The molecule has 2 heterocycles. The number of halogens is 1. The molecule has 160 valence electrons. The molecule has 0 aliphatic rings. The minimum Gasteiger partial charge on any atom is -0.507 e. The third-order valence-corrected chi connectivity index (χ3v) is 5.74. The number of aromatic hydroxyl groups is 1. The van der Waals surface area contributed by atoms with Gasteiger partial charge in [-0.15, -0.1) is 0 Å². The summed E-state index contributed by atoms with van der Waals surface area (Å²) in [5.41, 5.74) is 4.99. The zero-order chi connectivity index (χ0) is 22.6. The molecule has 0 aliphatic heterocycles. The number of benzene rings is 2. The Morgan fingerprint density at radius 2 is 1.55 bits per heavy atom. The predicted molar refractivity (Wildman–Crippen MR) is 128 cm³/mol. The zero-order valence-corrected chi connectivity index (χ0v) is 19.6. The molecule has 0 atom stereocenters. The maximum absolute atomic E-state index is 11.2. The Morgan fingerprint density at radius 1 is 0.903 bits per heavy atom. The van der Waals surface area contributed by atoms with Gasteiger partial charge in [-0.3, -0.25) is 9.55 Å². The van der Waals surface area contributed by atoms with Crippen molar-refractivity contribution in [3.63, 3.8) is 0 Å². The van der Waals surface area contributed by atoms with Crippen LogP contribution in [0.15, 0.2) is 54.9 Å². The van der Waals surface area contributed by atoms with E-state index in [9.17, 15) is 5.11 Å². The number of hydrogen-bond acceptors (Lipinski definition) is 3. The Hall–Kier alpha value is -2.85. The molecule has 0 bridgehead atoms. The van der Waals surface area contributed by atoms with Crippen molar-refractivity contribution < 1.29 is 5.11 Å². The van der Waals surface area contributed by atoms with E-state index in [0.717, 1.165) is 39.2 Å². The average molecular weight is 434 g/mol. The van der Waals surface area contributed by atoms with E-state index in [4.69, 9.17) is 16.6 Å². The fourth-order valence-electron chi connectivity index (χ4n) is 3.90. The Balaban J connectivity index is 2.12. The Morgan fingerprint density at radius 3 is 2.10 bits per heavy atom. The maximum atomic E-state index is 11.2. The van der Waals surface area contributed by atoms with Gasteiger partial charge in [0, 0.05) is 39.8 Å². The van der Waals surface area contributed by atoms with Crippen LogP contribution in [-0.4, -0.2) is 19.6 Å². The lowest BCUT2D eigenvalue weighted by Crippen LogP contribution is -2.18. The van der Waals surface area contributed by atoms with E-state index >= 15 is 0 Å². The highest BCUT2D eigenvalue weighted by Gasteiger charge is 2.28. The van der Waals surface area contributed by atoms with Gasteiger partial charge in [-0.2, -0.15) is 0 Å². The first kappa shape index (κ1) is 21.4. The molecule has 2 aromatic heterocycles.